The van der Waals surface area contributed by atoms with E-state index in [0.29, 0.717) is 24.5 Å². The van der Waals surface area contributed by atoms with Crippen molar-refractivity contribution in [1.29, 1.82) is 0 Å². The van der Waals surface area contributed by atoms with Gasteiger partial charge >= 0.3 is 0 Å². The van der Waals surface area contributed by atoms with Gasteiger partial charge in [-0.05, 0) is 54.1 Å². The molecule has 1 heterocycles. The second-order valence-electron chi connectivity index (χ2n) is 6.08. The quantitative estimate of drug-likeness (QED) is 0.558. The van der Waals surface area contributed by atoms with E-state index in [2.05, 4.69) is 6.58 Å². The van der Waals surface area contributed by atoms with Crippen molar-refractivity contribution >= 4 is 5.91 Å². The molecule has 138 valence electrons. The maximum Gasteiger partial charge on any atom is 0.289 e. The summed E-state index contributed by atoms with van der Waals surface area (Å²) in [4.78, 5) is 14.2. The summed E-state index contributed by atoms with van der Waals surface area (Å²) in [6, 6.07) is 16.8. The Kier molecular flexibility index (Phi) is 5.71. The van der Waals surface area contributed by atoms with Gasteiger partial charge in [-0.25, -0.2) is 4.39 Å². The molecule has 27 heavy (non-hydrogen) atoms. The maximum absolute atomic E-state index is 13.0. The van der Waals surface area contributed by atoms with Gasteiger partial charge in [-0.15, -0.1) is 0 Å². The highest BCUT2D eigenvalue weighted by molar-refractivity contribution is 5.91. The van der Waals surface area contributed by atoms with Gasteiger partial charge in [0.1, 0.15) is 23.9 Å². The fourth-order valence-electron chi connectivity index (χ4n) is 2.60. The van der Waals surface area contributed by atoms with E-state index in [1.54, 1.807) is 42.3 Å². The van der Waals surface area contributed by atoms with Crippen molar-refractivity contribution in [3.8, 4) is 17.1 Å². The molecule has 3 rings (SSSR count). The molecule has 0 fully saturated rings. The predicted octanol–water partition coefficient (Wildman–Crippen LogP) is 4.92. The molecule has 1 amide bonds. The van der Waals surface area contributed by atoms with Crippen LogP contribution in [0.2, 0.25) is 0 Å². The number of benzene rings is 2. The fourth-order valence-corrected chi connectivity index (χ4v) is 2.60. The van der Waals surface area contributed by atoms with Gasteiger partial charge in [0.25, 0.3) is 5.91 Å². The number of rotatable bonds is 7. The standard InChI is InChI=1S/C22H20FNO3/c1-3-14-26-19-10-4-16(5-11-19)15-24(2)22(25)21-13-12-20(27-21)17-6-8-18(23)9-7-17/h3-13H,1,14-15H2,2H3. The highest BCUT2D eigenvalue weighted by Crippen LogP contribution is 2.23. The highest BCUT2D eigenvalue weighted by Gasteiger charge is 2.17. The van der Waals surface area contributed by atoms with Crippen LogP contribution in [0.1, 0.15) is 16.1 Å². The van der Waals surface area contributed by atoms with Crippen LogP contribution >= 0.6 is 0 Å². The number of carbonyl (C=O) groups excluding carboxylic acids is 1. The van der Waals surface area contributed by atoms with Gasteiger partial charge < -0.3 is 14.1 Å². The second kappa shape index (κ2) is 8.36. The fraction of sp³-hybridized carbons (Fsp3) is 0.136. The first kappa shape index (κ1) is 18.5. The third-order valence-corrected chi connectivity index (χ3v) is 4.00. The zero-order valence-corrected chi connectivity index (χ0v) is 15.0. The summed E-state index contributed by atoms with van der Waals surface area (Å²) in [5, 5.41) is 0. The average molecular weight is 365 g/mol. The van der Waals surface area contributed by atoms with Crippen molar-refractivity contribution in [3.05, 3.63) is 90.5 Å². The molecule has 0 radical (unpaired) electrons. The van der Waals surface area contributed by atoms with Crippen molar-refractivity contribution < 1.29 is 18.3 Å². The van der Waals surface area contributed by atoms with Crippen LogP contribution in [0.5, 0.6) is 5.75 Å². The molecule has 1 aromatic heterocycles. The van der Waals surface area contributed by atoms with E-state index in [0.717, 1.165) is 11.3 Å². The zero-order valence-electron chi connectivity index (χ0n) is 15.0. The van der Waals surface area contributed by atoms with E-state index >= 15 is 0 Å². The number of ether oxygens (including phenoxy) is 1. The van der Waals surface area contributed by atoms with Gasteiger partial charge in [-0.1, -0.05) is 24.8 Å². The number of halogens is 1. The first-order chi connectivity index (χ1) is 13.1. The Morgan fingerprint density at radius 3 is 2.48 bits per heavy atom. The smallest absolute Gasteiger partial charge is 0.289 e. The third-order valence-electron chi connectivity index (χ3n) is 4.00. The van der Waals surface area contributed by atoms with Crippen molar-refractivity contribution in [2.45, 2.75) is 6.54 Å². The Morgan fingerprint density at radius 2 is 1.81 bits per heavy atom. The van der Waals surface area contributed by atoms with Crippen LogP contribution in [0.3, 0.4) is 0 Å². The van der Waals surface area contributed by atoms with Gasteiger partial charge in [0.05, 0.1) is 0 Å². The first-order valence-electron chi connectivity index (χ1n) is 8.50. The Morgan fingerprint density at radius 1 is 1.11 bits per heavy atom. The Hall–Kier alpha value is -3.34. The molecule has 3 aromatic rings. The molecular formula is C22H20FNO3. The van der Waals surface area contributed by atoms with Gasteiger partial charge in [-0.3, -0.25) is 4.79 Å². The molecule has 0 unspecified atom stereocenters. The molecule has 2 aromatic carbocycles. The molecule has 5 heteroatoms. The minimum atomic E-state index is -0.317. The predicted molar refractivity (Wildman–Crippen MR) is 102 cm³/mol. The normalized spacial score (nSPS) is 10.4. The molecule has 0 atom stereocenters. The Bertz CT molecular complexity index is 913. The highest BCUT2D eigenvalue weighted by atomic mass is 19.1. The lowest BCUT2D eigenvalue weighted by atomic mass is 10.2. The van der Waals surface area contributed by atoms with Gasteiger partial charge in [0.2, 0.25) is 0 Å². The van der Waals surface area contributed by atoms with Crippen molar-refractivity contribution in [3.63, 3.8) is 0 Å². The van der Waals surface area contributed by atoms with Gasteiger partial charge in [0.15, 0.2) is 5.76 Å². The van der Waals surface area contributed by atoms with Crippen molar-refractivity contribution in [1.82, 2.24) is 4.90 Å². The number of hydrogen-bond acceptors (Lipinski definition) is 3. The molecule has 0 N–H and O–H groups in total. The number of amides is 1. The lowest BCUT2D eigenvalue weighted by Crippen LogP contribution is -2.25. The Labute approximate surface area is 157 Å². The molecule has 4 nitrogen and oxygen atoms in total. The summed E-state index contributed by atoms with van der Waals surface area (Å²) >= 11 is 0. The van der Waals surface area contributed by atoms with Crippen molar-refractivity contribution in [2.24, 2.45) is 0 Å². The van der Waals surface area contributed by atoms with Crippen LogP contribution in [0, 0.1) is 5.82 Å². The van der Waals surface area contributed by atoms with Gasteiger partial charge in [0, 0.05) is 19.2 Å². The summed E-state index contributed by atoms with van der Waals surface area (Å²) in [6.07, 6.45) is 1.68. The molecule has 0 bridgehead atoms. The minimum absolute atomic E-state index is 0.227. The largest absolute Gasteiger partial charge is 0.490 e. The molecule has 0 saturated heterocycles. The monoisotopic (exact) mass is 365 g/mol. The molecule has 0 aliphatic rings. The molecule has 0 aliphatic carbocycles. The molecule has 0 aliphatic heterocycles. The zero-order chi connectivity index (χ0) is 19.2. The molecule has 0 spiro atoms. The van der Waals surface area contributed by atoms with Crippen LogP contribution in [-0.4, -0.2) is 24.5 Å². The van der Waals surface area contributed by atoms with E-state index in [1.165, 1.54) is 12.1 Å². The average Bonchev–Trinajstić information content (AvgIpc) is 3.17. The van der Waals surface area contributed by atoms with E-state index < -0.39 is 0 Å². The van der Waals surface area contributed by atoms with Crippen LogP contribution in [0.4, 0.5) is 4.39 Å². The molecular weight excluding hydrogens is 345 g/mol. The van der Waals surface area contributed by atoms with E-state index in [1.807, 2.05) is 24.3 Å². The lowest BCUT2D eigenvalue weighted by molar-refractivity contribution is 0.0754. The van der Waals surface area contributed by atoms with E-state index in [4.69, 9.17) is 9.15 Å². The summed E-state index contributed by atoms with van der Waals surface area (Å²) in [5.74, 6) is 0.971. The van der Waals surface area contributed by atoms with Crippen LogP contribution < -0.4 is 4.74 Å². The number of carbonyl (C=O) groups is 1. The van der Waals surface area contributed by atoms with Crippen LogP contribution in [0.25, 0.3) is 11.3 Å². The van der Waals surface area contributed by atoms with Crippen LogP contribution in [0.15, 0.2) is 77.7 Å². The maximum atomic E-state index is 13.0. The van der Waals surface area contributed by atoms with Crippen LogP contribution in [-0.2, 0) is 6.54 Å². The minimum Gasteiger partial charge on any atom is -0.490 e. The SMILES string of the molecule is C=CCOc1ccc(CN(C)C(=O)c2ccc(-c3ccc(F)cc3)o2)cc1. The summed E-state index contributed by atoms with van der Waals surface area (Å²) in [7, 11) is 1.71. The first-order valence-corrected chi connectivity index (χ1v) is 8.50. The summed E-state index contributed by atoms with van der Waals surface area (Å²) < 4.78 is 24.1. The summed E-state index contributed by atoms with van der Waals surface area (Å²) in [5.41, 5.74) is 1.69. The van der Waals surface area contributed by atoms with E-state index in [-0.39, 0.29) is 17.5 Å². The number of hydrogen-bond donors (Lipinski definition) is 0. The van der Waals surface area contributed by atoms with Crippen molar-refractivity contribution in [2.75, 3.05) is 13.7 Å². The summed E-state index contributed by atoms with van der Waals surface area (Å²) in [6.45, 7) is 4.50. The third kappa shape index (κ3) is 4.64. The number of nitrogens with zero attached hydrogens (tertiary/aromatic N) is 1. The number of furan rings is 1. The Balaban J connectivity index is 1.65. The lowest BCUT2D eigenvalue weighted by Gasteiger charge is -2.16. The van der Waals surface area contributed by atoms with E-state index in [9.17, 15) is 9.18 Å². The van der Waals surface area contributed by atoms with Gasteiger partial charge in [-0.2, -0.15) is 0 Å². The second-order valence-corrected chi connectivity index (χ2v) is 6.08. The topological polar surface area (TPSA) is 42.7 Å². The molecule has 0 saturated carbocycles.